The van der Waals surface area contributed by atoms with E-state index in [2.05, 4.69) is 10.1 Å². The molecule has 0 atom stereocenters. The lowest BCUT2D eigenvalue weighted by atomic mass is 10.2. The fourth-order valence-electron chi connectivity index (χ4n) is 2.29. The lowest BCUT2D eigenvalue weighted by Crippen LogP contribution is -2.27. The van der Waals surface area contributed by atoms with E-state index in [1.54, 1.807) is 20.8 Å². The third-order valence-electron chi connectivity index (χ3n) is 3.41. The average Bonchev–Trinajstić information content (AvgIpc) is 2.91. The van der Waals surface area contributed by atoms with Gasteiger partial charge in [-0.15, -0.1) is 0 Å². The average molecular weight is 374 g/mol. The zero-order chi connectivity index (χ0) is 20.4. The Morgan fingerprint density at radius 1 is 1.33 bits per heavy atom. The van der Waals surface area contributed by atoms with Crippen LogP contribution in [0.1, 0.15) is 36.8 Å². The van der Waals surface area contributed by atoms with E-state index >= 15 is 0 Å². The van der Waals surface area contributed by atoms with Crippen molar-refractivity contribution >= 4 is 23.4 Å². The molecule has 9 heteroatoms. The second kappa shape index (κ2) is 7.37. The van der Waals surface area contributed by atoms with Crippen molar-refractivity contribution in [2.75, 3.05) is 18.2 Å². The lowest BCUT2D eigenvalue weighted by Gasteiger charge is -2.20. The molecule has 8 nitrogen and oxygen atoms in total. The monoisotopic (exact) mass is 374 g/mol. The molecule has 0 spiro atoms. The molecule has 0 aliphatic heterocycles. The number of benzene rings is 1. The van der Waals surface area contributed by atoms with Gasteiger partial charge in [0.1, 0.15) is 17.5 Å². The van der Waals surface area contributed by atoms with Gasteiger partial charge in [0, 0.05) is 18.0 Å². The molecule has 27 heavy (non-hydrogen) atoms. The van der Waals surface area contributed by atoms with Gasteiger partial charge < -0.3 is 19.8 Å². The van der Waals surface area contributed by atoms with Crippen LogP contribution >= 0.6 is 0 Å². The highest BCUT2D eigenvalue weighted by Gasteiger charge is 2.23. The summed E-state index contributed by atoms with van der Waals surface area (Å²) >= 11 is 0. The van der Waals surface area contributed by atoms with E-state index in [-0.39, 0.29) is 28.3 Å². The highest BCUT2D eigenvalue weighted by molar-refractivity contribution is 5.96. The summed E-state index contributed by atoms with van der Waals surface area (Å²) in [5.74, 6) is -1.54. The van der Waals surface area contributed by atoms with Crippen molar-refractivity contribution in [1.29, 1.82) is 5.26 Å². The summed E-state index contributed by atoms with van der Waals surface area (Å²) in [4.78, 5) is 23.8. The first-order valence-corrected chi connectivity index (χ1v) is 7.86. The van der Waals surface area contributed by atoms with Crippen LogP contribution < -0.4 is 11.1 Å². The maximum absolute atomic E-state index is 14.4. The number of methoxy groups -OCH3 is 1. The molecule has 2 aromatic rings. The molecule has 0 radical (unpaired) electrons. The predicted octanol–water partition coefficient (Wildman–Crippen LogP) is 3.20. The number of carbonyl (C=O) groups excluding carboxylic acids is 2. The van der Waals surface area contributed by atoms with Gasteiger partial charge in [-0.1, -0.05) is 0 Å². The number of hydrogen-bond acceptors (Lipinski definition) is 6. The van der Waals surface area contributed by atoms with Crippen LogP contribution in [0.2, 0.25) is 0 Å². The Balaban J connectivity index is 2.40. The van der Waals surface area contributed by atoms with E-state index in [0.29, 0.717) is 0 Å². The molecule has 0 unspecified atom stereocenters. The Hall–Kier alpha value is -3.54. The molecule has 0 saturated heterocycles. The number of ether oxygens (including phenoxy) is 2. The van der Waals surface area contributed by atoms with Crippen molar-refractivity contribution < 1.29 is 23.5 Å². The Morgan fingerprint density at radius 3 is 2.52 bits per heavy atom. The molecule has 1 aromatic heterocycles. The second-order valence-corrected chi connectivity index (χ2v) is 6.57. The number of nitriles is 1. The number of aromatic nitrogens is 1. The molecule has 0 saturated carbocycles. The Labute approximate surface area is 155 Å². The van der Waals surface area contributed by atoms with Crippen molar-refractivity contribution in [3.63, 3.8) is 0 Å². The molecule has 0 fully saturated rings. The number of halogens is 1. The Kier molecular flexibility index (Phi) is 5.40. The Bertz CT molecular complexity index is 938. The van der Waals surface area contributed by atoms with Gasteiger partial charge >= 0.3 is 12.1 Å². The molecule has 1 aromatic carbocycles. The summed E-state index contributed by atoms with van der Waals surface area (Å²) in [5, 5.41) is 11.4. The number of nitrogens with two attached hydrogens (primary N) is 1. The highest BCUT2D eigenvalue weighted by Crippen LogP contribution is 2.27. The quantitative estimate of drug-likeness (QED) is 0.796. The molecule has 2 rings (SSSR count). The van der Waals surface area contributed by atoms with E-state index in [9.17, 15) is 14.0 Å². The summed E-state index contributed by atoms with van der Waals surface area (Å²) < 4.78 is 25.4. The van der Waals surface area contributed by atoms with Gasteiger partial charge in [-0.05, 0) is 32.9 Å². The Morgan fingerprint density at radius 2 is 2.00 bits per heavy atom. The highest BCUT2D eigenvalue weighted by atomic mass is 19.1. The van der Waals surface area contributed by atoms with E-state index in [0.717, 1.165) is 6.07 Å². The van der Waals surface area contributed by atoms with Crippen molar-refractivity contribution in [3.05, 3.63) is 41.5 Å². The normalized spacial score (nSPS) is 10.8. The fourth-order valence-corrected chi connectivity index (χ4v) is 2.29. The van der Waals surface area contributed by atoms with Gasteiger partial charge in [0.2, 0.25) is 0 Å². The summed E-state index contributed by atoms with van der Waals surface area (Å²) in [6, 6.07) is 5.69. The third kappa shape index (κ3) is 4.36. The largest absolute Gasteiger partial charge is 0.464 e. The summed E-state index contributed by atoms with van der Waals surface area (Å²) in [6.45, 7) is 5.05. The summed E-state index contributed by atoms with van der Waals surface area (Å²) in [6.07, 6.45) is 0.499. The van der Waals surface area contributed by atoms with Crippen molar-refractivity contribution in [1.82, 2.24) is 4.57 Å². The van der Waals surface area contributed by atoms with Crippen molar-refractivity contribution in [2.24, 2.45) is 0 Å². The first kappa shape index (κ1) is 19.8. The lowest BCUT2D eigenvalue weighted by molar-refractivity contribution is 0.0591. The zero-order valence-corrected chi connectivity index (χ0v) is 15.3. The van der Waals surface area contributed by atoms with Crippen molar-refractivity contribution in [2.45, 2.75) is 26.4 Å². The minimum Gasteiger partial charge on any atom is -0.464 e. The standard InChI is InChI=1S/C18H19FN4O4/c1-18(2,3)27-17(25)22-13-6-5-11(7-12(13)19)23-9-10(8-20)14(21)15(23)16(24)26-4/h5-7,9H,21H2,1-4H3,(H,22,25). The van der Waals surface area contributed by atoms with Gasteiger partial charge in [0.05, 0.1) is 24.0 Å². The van der Waals surface area contributed by atoms with Crippen molar-refractivity contribution in [3.8, 4) is 11.8 Å². The molecule has 1 amide bonds. The second-order valence-electron chi connectivity index (χ2n) is 6.57. The number of nitrogens with one attached hydrogen (secondary N) is 1. The van der Waals surface area contributed by atoms with E-state index < -0.39 is 23.5 Å². The molecule has 142 valence electrons. The number of nitrogens with zero attached hydrogens (tertiary/aromatic N) is 2. The molecule has 3 N–H and O–H groups in total. The van der Waals surface area contributed by atoms with Crippen LogP contribution in [0.4, 0.5) is 20.6 Å². The number of carbonyl (C=O) groups is 2. The SMILES string of the molecule is COC(=O)c1c(N)c(C#N)cn1-c1ccc(NC(=O)OC(C)(C)C)c(F)c1. The van der Waals surface area contributed by atoms with Gasteiger partial charge in [0.15, 0.2) is 5.69 Å². The number of hydrogen-bond donors (Lipinski definition) is 2. The maximum atomic E-state index is 14.4. The molecule has 0 aliphatic carbocycles. The number of rotatable bonds is 3. The van der Waals surface area contributed by atoms with E-state index in [4.69, 9.17) is 15.7 Å². The number of nitrogen functional groups attached to an aromatic ring is 1. The van der Waals surface area contributed by atoms with Gasteiger partial charge in [-0.2, -0.15) is 5.26 Å². The summed E-state index contributed by atoms with van der Waals surface area (Å²) in [7, 11) is 1.17. The van der Waals surface area contributed by atoms with Crippen LogP contribution in [0, 0.1) is 17.1 Å². The first-order chi connectivity index (χ1) is 12.6. The third-order valence-corrected chi connectivity index (χ3v) is 3.41. The number of amides is 1. The van der Waals surface area contributed by atoms with Crippen LogP contribution in [0.25, 0.3) is 5.69 Å². The van der Waals surface area contributed by atoms with Gasteiger partial charge in [-0.3, -0.25) is 5.32 Å². The van der Waals surface area contributed by atoms with Crippen LogP contribution in [-0.4, -0.2) is 29.3 Å². The molecule has 1 heterocycles. The van der Waals surface area contributed by atoms with Gasteiger partial charge in [-0.25, -0.2) is 14.0 Å². The molecule has 0 bridgehead atoms. The smallest absolute Gasteiger partial charge is 0.412 e. The van der Waals surface area contributed by atoms with Crippen LogP contribution in [0.3, 0.4) is 0 Å². The summed E-state index contributed by atoms with van der Waals surface area (Å²) in [5.41, 5.74) is 5.08. The van der Waals surface area contributed by atoms with Crippen LogP contribution in [-0.2, 0) is 9.47 Å². The van der Waals surface area contributed by atoms with E-state index in [1.165, 1.54) is 30.0 Å². The van der Waals surface area contributed by atoms with E-state index in [1.807, 2.05) is 6.07 Å². The topological polar surface area (TPSA) is 119 Å². The molecule has 0 aliphatic rings. The molecular weight excluding hydrogens is 355 g/mol. The fraction of sp³-hybridized carbons (Fsp3) is 0.278. The predicted molar refractivity (Wildman–Crippen MR) is 96.1 cm³/mol. The maximum Gasteiger partial charge on any atom is 0.412 e. The molecular formula is C18H19FN4O4. The first-order valence-electron chi connectivity index (χ1n) is 7.86. The van der Waals surface area contributed by atoms with Crippen LogP contribution in [0.5, 0.6) is 0 Å². The minimum atomic E-state index is -0.804. The van der Waals surface area contributed by atoms with Gasteiger partial charge in [0.25, 0.3) is 0 Å². The minimum absolute atomic E-state index is 0.0479. The number of anilines is 2. The number of esters is 1. The van der Waals surface area contributed by atoms with Crippen LogP contribution in [0.15, 0.2) is 24.4 Å². The zero-order valence-electron chi connectivity index (χ0n) is 15.3.